The Morgan fingerprint density at radius 2 is 1.82 bits per heavy atom. The summed E-state index contributed by atoms with van der Waals surface area (Å²) in [5, 5.41) is 6.49. The van der Waals surface area contributed by atoms with Crippen LogP contribution in [-0.2, 0) is 13.1 Å². The van der Waals surface area contributed by atoms with Crippen molar-refractivity contribution in [3.05, 3.63) is 59.0 Å². The molecule has 2 N–H and O–H groups in total. The zero-order valence-corrected chi connectivity index (χ0v) is 17.0. The van der Waals surface area contributed by atoms with Gasteiger partial charge in [0, 0.05) is 39.4 Å². The number of piperidine rings is 1. The van der Waals surface area contributed by atoms with Crippen molar-refractivity contribution in [3.63, 3.8) is 0 Å². The first-order chi connectivity index (χ1) is 13.5. The summed E-state index contributed by atoms with van der Waals surface area (Å²) >= 11 is 0. The third-order valence-electron chi connectivity index (χ3n) is 5.30. The number of benzene rings is 1. The van der Waals surface area contributed by atoms with E-state index in [4.69, 9.17) is 0 Å². The third kappa shape index (κ3) is 5.44. The zero-order valence-electron chi connectivity index (χ0n) is 17.0. The van der Waals surface area contributed by atoms with Gasteiger partial charge in [-0.1, -0.05) is 25.1 Å². The molecular weight excluding hydrogens is 353 g/mol. The Morgan fingerprint density at radius 3 is 2.43 bits per heavy atom. The zero-order chi connectivity index (χ0) is 19.9. The molecule has 0 saturated carbocycles. The fourth-order valence-electron chi connectivity index (χ4n) is 3.28. The van der Waals surface area contributed by atoms with E-state index in [1.54, 1.807) is 26.1 Å². The van der Waals surface area contributed by atoms with Crippen molar-refractivity contribution in [2.45, 2.75) is 39.8 Å². The van der Waals surface area contributed by atoms with Crippen LogP contribution in [0.2, 0.25) is 0 Å². The number of halogens is 1. The fraction of sp³-hybridized carbons (Fsp3) is 0.455. The average molecular weight is 384 g/mol. The van der Waals surface area contributed by atoms with Gasteiger partial charge in [-0.3, -0.25) is 4.99 Å². The molecule has 1 fully saturated rings. The second-order valence-corrected chi connectivity index (χ2v) is 7.56. The monoisotopic (exact) mass is 383 g/mol. The maximum absolute atomic E-state index is 13.7. The number of aromatic nitrogens is 1. The lowest BCUT2D eigenvalue weighted by atomic mass is 9.99. The van der Waals surface area contributed by atoms with E-state index in [1.165, 1.54) is 12.8 Å². The predicted octanol–water partition coefficient (Wildman–Crippen LogP) is 3.63. The molecule has 0 atom stereocenters. The standard InChI is InChI=1S/C22H30FN5/c1-16-8-10-28(11-9-16)21-7-6-19(14-25-21)15-27-22(24-3)26-13-18-5-4-17(2)20(23)12-18/h4-7,12,14,16H,8-11,13,15H2,1-3H3,(H2,24,26,27). The fourth-order valence-corrected chi connectivity index (χ4v) is 3.28. The first kappa shape index (κ1) is 20.1. The number of anilines is 1. The van der Waals surface area contributed by atoms with Crippen LogP contribution in [0.5, 0.6) is 0 Å². The number of nitrogens with one attached hydrogen (secondary N) is 2. The first-order valence-electron chi connectivity index (χ1n) is 9.94. The van der Waals surface area contributed by atoms with Gasteiger partial charge in [0.1, 0.15) is 11.6 Å². The van der Waals surface area contributed by atoms with Crippen LogP contribution in [0.4, 0.5) is 10.2 Å². The van der Waals surface area contributed by atoms with Crippen molar-refractivity contribution in [1.82, 2.24) is 15.6 Å². The van der Waals surface area contributed by atoms with Crippen molar-refractivity contribution in [1.29, 1.82) is 0 Å². The lowest BCUT2D eigenvalue weighted by molar-refractivity contribution is 0.436. The van der Waals surface area contributed by atoms with Crippen molar-refractivity contribution < 1.29 is 4.39 Å². The summed E-state index contributed by atoms with van der Waals surface area (Å²) in [6.07, 6.45) is 4.39. The molecule has 0 spiro atoms. The molecule has 1 aromatic carbocycles. The molecule has 6 heteroatoms. The van der Waals surface area contributed by atoms with E-state index in [2.05, 4.69) is 44.6 Å². The average Bonchev–Trinajstić information content (AvgIpc) is 2.72. The summed E-state index contributed by atoms with van der Waals surface area (Å²) in [5.41, 5.74) is 2.63. The molecule has 2 heterocycles. The van der Waals surface area contributed by atoms with Crippen molar-refractivity contribution >= 4 is 11.8 Å². The minimum Gasteiger partial charge on any atom is -0.357 e. The molecule has 2 aromatic rings. The molecule has 1 aromatic heterocycles. The van der Waals surface area contributed by atoms with Gasteiger partial charge in [-0.2, -0.15) is 0 Å². The molecule has 0 unspecified atom stereocenters. The quantitative estimate of drug-likeness (QED) is 0.612. The van der Waals surface area contributed by atoms with Crippen LogP contribution in [0.15, 0.2) is 41.5 Å². The topological polar surface area (TPSA) is 52.6 Å². The minimum atomic E-state index is -0.184. The predicted molar refractivity (Wildman–Crippen MR) is 113 cm³/mol. The highest BCUT2D eigenvalue weighted by atomic mass is 19.1. The number of nitrogens with zero attached hydrogens (tertiary/aromatic N) is 3. The molecule has 150 valence electrons. The van der Waals surface area contributed by atoms with Crippen LogP contribution in [0.1, 0.15) is 36.5 Å². The number of aliphatic imine (C=N–C) groups is 1. The van der Waals surface area contributed by atoms with Crippen molar-refractivity contribution in [3.8, 4) is 0 Å². The number of hydrogen-bond donors (Lipinski definition) is 2. The molecule has 1 aliphatic heterocycles. The molecule has 5 nitrogen and oxygen atoms in total. The first-order valence-corrected chi connectivity index (χ1v) is 9.94. The van der Waals surface area contributed by atoms with E-state index in [9.17, 15) is 4.39 Å². The molecule has 0 bridgehead atoms. The minimum absolute atomic E-state index is 0.184. The Balaban J connectivity index is 1.48. The number of guanidine groups is 1. The maximum Gasteiger partial charge on any atom is 0.191 e. The Kier molecular flexibility index (Phi) is 6.85. The highest BCUT2D eigenvalue weighted by molar-refractivity contribution is 5.79. The van der Waals surface area contributed by atoms with Gasteiger partial charge in [-0.25, -0.2) is 9.37 Å². The second kappa shape index (κ2) is 9.53. The molecule has 0 amide bonds. The molecule has 1 aliphatic rings. The third-order valence-corrected chi connectivity index (χ3v) is 5.30. The number of rotatable bonds is 5. The van der Waals surface area contributed by atoms with E-state index in [1.807, 2.05) is 12.3 Å². The van der Waals surface area contributed by atoms with Gasteiger partial charge < -0.3 is 15.5 Å². The highest BCUT2D eigenvalue weighted by Gasteiger charge is 2.16. The highest BCUT2D eigenvalue weighted by Crippen LogP contribution is 2.21. The lowest BCUT2D eigenvalue weighted by Crippen LogP contribution is -2.36. The van der Waals surface area contributed by atoms with Gasteiger partial charge in [-0.05, 0) is 54.5 Å². The van der Waals surface area contributed by atoms with E-state index >= 15 is 0 Å². The Morgan fingerprint density at radius 1 is 1.14 bits per heavy atom. The van der Waals surface area contributed by atoms with Gasteiger partial charge in [0.15, 0.2) is 5.96 Å². The van der Waals surface area contributed by atoms with E-state index in [0.29, 0.717) is 24.6 Å². The van der Waals surface area contributed by atoms with Gasteiger partial charge in [0.25, 0.3) is 0 Å². The van der Waals surface area contributed by atoms with E-state index in [0.717, 1.165) is 36.0 Å². The molecular formula is C22H30FN5. The second-order valence-electron chi connectivity index (χ2n) is 7.56. The van der Waals surface area contributed by atoms with Crippen LogP contribution < -0.4 is 15.5 Å². The maximum atomic E-state index is 13.7. The Hall–Kier alpha value is -2.63. The van der Waals surface area contributed by atoms with E-state index < -0.39 is 0 Å². The SMILES string of the molecule is CN=C(NCc1ccc(N2CCC(C)CC2)nc1)NCc1ccc(C)c(F)c1. The number of aryl methyl sites for hydroxylation is 1. The van der Waals surface area contributed by atoms with Crippen LogP contribution >= 0.6 is 0 Å². The number of hydrogen-bond acceptors (Lipinski definition) is 3. The molecule has 1 saturated heterocycles. The van der Waals surface area contributed by atoms with Crippen molar-refractivity contribution in [2.75, 3.05) is 25.0 Å². The Labute approximate surface area is 167 Å². The lowest BCUT2D eigenvalue weighted by Gasteiger charge is -2.31. The smallest absolute Gasteiger partial charge is 0.191 e. The van der Waals surface area contributed by atoms with Crippen molar-refractivity contribution in [2.24, 2.45) is 10.9 Å². The number of pyridine rings is 1. The summed E-state index contributed by atoms with van der Waals surface area (Å²) in [6.45, 7) is 7.39. The van der Waals surface area contributed by atoms with E-state index in [-0.39, 0.29) is 5.82 Å². The van der Waals surface area contributed by atoms with Crippen LogP contribution in [0, 0.1) is 18.7 Å². The van der Waals surface area contributed by atoms with Gasteiger partial charge in [0.2, 0.25) is 0 Å². The molecule has 0 radical (unpaired) electrons. The molecule has 0 aliphatic carbocycles. The van der Waals surface area contributed by atoms with Crippen LogP contribution in [0.25, 0.3) is 0 Å². The van der Waals surface area contributed by atoms with Gasteiger partial charge in [0.05, 0.1) is 0 Å². The molecule has 3 rings (SSSR count). The summed E-state index contributed by atoms with van der Waals surface area (Å²) in [7, 11) is 1.73. The summed E-state index contributed by atoms with van der Waals surface area (Å²) in [4.78, 5) is 11.2. The largest absolute Gasteiger partial charge is 0.357 e. The van der Waals surface area contributed by atoms with Crippen LogP contribution in [0.3, 0.4) is 0 Å². The Bertz CT molecular complexity index is 795. The summed E-state index contributed by atoms with van der Waals surface area (Å²) in [6, 6.07) is 9.47. The normalized spacial score (nSPS) is 15.6. The summed E-state index contributed by atoms with van der Waals surface area (Å²) < 4.78 is 13.7. The van der Waals surface area contributed by atoms with Gasteiger partial charge >= 0.3 is 0 Å². The van der Waals surface area contributed by atoms with Gasteiger partial charge in [-0.15, -0.1) is 0 Å². The molecule has 28 heavy (non-hydrogen) atoms. The van der Waals surface area contributed by atoms with Crippen LogP contribution in [-0.4, -0.2) is 31.1 Å². The summed E-state index contributed by atoms with van der Waals surface area (Å²) in [5.74, 6) is 2.36.